The van der Waals surface area contributed by atoms with E-state index in [0.717, 1.165) is 28.6 Å². The van der Waals surface area contributed by atoms with Crippen molar-refractivity contribution in [2.75, 3.05) is 25.7 Å². The fourth-order valence-electron chi connectivity index (χ4n) is 4.95. The number of rotatable bonds is 7. The molecule has 0 N–H and O–H groups in total. The van der Waals surface area contributed by atoms with Crippen molar-refractivity contribution in [2.45, 2.75) is 13.0 Å². The highest BCUT2D eigenvalue weighted by Gasteiger charge is 2.26. The summed E-state index contributed by atoms with van der Waals surface area (Å²) in [5, 5.41) is 5.68. The van der Waals surface area contributed by atoms with Gasteiger partial charge in [-0.1, -0.05) is 30.3 Å². The monoisotopic (exact) mass is 552 g/mol. The largest absolute Gasteiger partial charge is 0.496 e. The summed E-state index contributed by atoms with van der Waals surface area (Å²) in [7, 11) is 3.19. The van der Waals surface area contributed by atoms with Gasteiger partial charge >= 0.3 is 0 Å². The van der Waals surface area contributed by atoms with E-state index >= 15 is 0 Å². The Hall–Kier alpha value is -4.83. The summed E-state index contributed by atoms with van der Waals surface area (Å²) >= 11 is 1.35. The van der Waals surface area contributed by atoms with E-state index in [1.54, 1.807) is 24.9 Å². The van der Waals surface area contributed by atoms with Crippen LogP contribution in [0.15, 0.2) is 77.3 Å². The predicted octanol–water partition coefficient (Wildman–Crippen LogP) is 6.00. The van der Waals surface area contributed by atoms with Crippen molar-refractivity contribution in [3.8, 4) is 28.1 Å². The highest BCUT2D eigenvalue weighted by Crippen LogP contribution is 2.38. The molecular formula is C30H24N4O5S. The first-order chi connectivity index (χ1) is 19.6. The Bertz CT molecular complexity index is 1840. The van der Waals surface area contributed by atoms with Crippen LogP contribution in [0.4, 0.5) is 5.69 Å². The smallest absolute Gasteiger partial charge is 0.294 e. The Balaban J connectivity index is 1.16. The summed E-state index contributed by atoms with van der Waals surface area (Å²) in [4.78, 5) is 20.3. The highest BCUT2D eigenvalue weighted by molar-refractivity contribution is 7.18. The molecule has 0 fully saturated rings. The number of aromatic nitrogens is 3. The number of benzene rings is 3. The van der Waals surface area contributed by atoms with Crippen molar-refractivity contribution in [2.24, 2.45) is 0 Å². The Kier molecular flexibility index (Phi) is 5.89. The van der Waals surface area contributed by atoms with Crippen LogP contribution in [0.5, 0.6) is 16.7 Å². The molecule has 0 bridgehead atoms. The minimum absolute atomic E-state index is 0.00523. The molecule has 0 aliphatic carbocycles. The summed E-state index contributed by atoms with van der Waals surface area (Å²) in [6.45, 7) is 0.975. The number of carbonyl (C=O) groups excluding carboxylic acids is 1. The second-order valence-corrected chi connectivity index (χ2v) is 10.3. The van der Waals surface area contributed by atoms with E-state index in [2.05, 4.69) is 16.1 Å². The van der Waals surface area contributed by atoms with Crippen molar-refractivity contribution in [3.63, 3.8) is 0 Å². The molecule has 10 heteroatoms. The SMILES string of the molecule is COc1cc(OCc2ccc3c(c2)N(C(=O)c2ccccc2)CC3)c2cc(-c3cn4nc(OC)sc4n3)oc2c1. The third kappa shape index (κ3) is 4.22. The van der Waals surface area contributed by atoms with Crippen LogP contribution in [-0.2, 0) is 13.0 Å². The zero-order chi connectivity index (χ0) is 27.2. The van der Waals surface area contributed by atoms with Gasteiger partial charge < -0.3 is 23.5 Å². The van der Waals surface area contributed by atoms with Gasteiger partial charge in [-0.3, -0.25) is 4.79 Å². The van der Waals surface area contributed by atoms with Gasteiger partial charge in [0.15, 0.2) is 5.76 Å². The summed E-state index contributed by atoms with van der Waals surface area (Å²) in [5.41, 5.74) is 5.01. The number of amides is 1. The Morgan fingerprint density at radius 3 is 2.73 bits per heavy atom. The fourth-order valence-corrected chi connectivity index (χ4v) is 5.65. The maximum atomic E-state index is 13.2. The molecule has 1 aliphatic heterocycles. The molecule has 3 aromatic carbocycles. The van der Waals surface area contributed by atoms with Gasteiger partial charge in [0.1, 0.15) is 29.4 Å². The van der Waals surface area contributed by atoms with Gasteiger partial charge in [-0.2, -0.15) is 0 Å². The summed E-state index contributed by atoms with van der Waals surface area (Å²) in [6.07, 6.45) is 2.63. The maximum absolute atomic E-state index is 13.2. The van der Waals surface area contributed by atoms with Crippen molar-refractivity contribution in [3.05, 3.63) is 89.6 Å². The van der Waals surface area contributed by atoms with Crippen LogP contribution in [0.25, 0.3) is 27.4 Å². The average Bonchev–Trinajstić information content (AvgIpc) is 3.77. The first kappa shape index (κ1) is 24.2. The number of hydrogen-bond acceptors (Lipinski definition) is 8. The molecule has 0 radical (unpaired) electrons. The number of nitrogens with zero attached hydrogens (tertiary/aromatic N) is 4. The van der Waals surface area contributed by atoms with Crippen LogP contribution in [0, 0.1) is 0 Å². The van der Waals surface area contributed by atoms with Crippen LogP contribution in [-0.4, -0.2) is 41.3 Å². The van der Waals surface area contributed by atoms with Crippen LogP contribution in [0.1, 0.15) is 21.5 Å². The Labute approximate surface area is 233 Å². The van der Waals surface area contributed by atoms with Gasteiger partial charge in [0, 0.05) is 29.9 Å². The van der Waals surface area contributed by atoms with Gasteiger partial charge in [0.2, 0.25) is 4.96 Å². The number of hydrogen-bond donors (Lipinski definition) is 0. The molecule has 200 valence electrons. The van der Waals surface area contributed by atoms with E-state index in [4.69, 9.17) is 18.6 Å². The molecule has 4 heterocycles. The zero-order valence-corrected chi connectivity index (χ0v) is 22.6. The molecule has 0 saturated heterocycles. The molecule has 0 saturated carbocycles. The number of furan rings is 1. The minimum Gasteiger partial charge on any atom is -0.496 e. The first-order valence-electron chi connectivity index (χ1n) is 12.7. The quantitative estimate of drug-likeness (QED) is 0.240. The number of imidazole rings is 1. The van der Waals surface area contributed by atoms with Gasteiger partial charge in [-0.15, -0.1) is 5.10 Å². The standard InChI is InChI=1S/C30H24N4O5S/c1-36-21-13-25(22-15-27(39-26(22)14-21)23-16-34-29(31-23)40-30(32-34)37-2)38-17-18-8-9-19-10-11-33(24(19)12-18)28(35)20-6-4-3-5-7-20/h3-9,12-16H,10-11,17H2,1-2H3. The number of carbonyl (C=O) groups is 1. The van der Waals surface area contributed by atoms with E-state index in [-0.39, 0.29) is 5.91 Å². The molecule has 6 aromatic rings. The molecule has 9 nitrogen and oxygen atoms in total. The number of methoxy groups -OCH3 is 2. The van der Waals surface area contributed by atoms with Crippen molar-refractivity contribution < 1.29 is 23.4 Å². The van der Waals surface area contributed by atoms with Gasteiger partial charge in [0.05, 0.1) is 25.8 Å². The third-order valence-electron chi connectivity index (χ3n) is 6.97. The molecule has 0 unspecified atom stereocenters. The lowest BCUT2D eigenvalue weighted by molar-refractivity contribution is 0.0989. The lowest BCUT2D eigenvalue weighted by Gasteiger charge is -2.18. The Morgan fingerprint density at radius 1 is 1.05 bits per heavy atom. The first-order valence-corrected chi connectivity index (χ1v) is 13.5. The maximum Gasteiger partial charge on any atom is 0.294 e. The van der Waals surface area contributed by atoms with Gasteiger partial charge in [0.25, 0.3) is 11.1 Å². The summed E-state index contributed by atoms with van der Waals surface area (Å²) < 4.78 is 24.8. The average molecular weight is 553 g/mol. The number of anilines is 1. The summed E-state index contributed by atoms with van der Waals surface area (Å²) in [6, 6.07) is 21.1. The van der Waals surface area contributed by atoms with E-state index in [9.17, 15) is 4.79 Å². The van der Waals surface area contributed by atoms with Crippen LogP contribution < -0.4 is 19.1 Å². The molecule has 0 spiro atoms. The summed E-state index contributed by atoms with van der Waals surface area (Å²) in [5.74, 6) is 1.85. The fraction of sp³-hybridized carbons (Fsp3) is 0.167. The van der Waals surface area contributed by atoms with Crippen molar-refractivity contribution >= 4 is 38.9 Å². The molecule has 7 rings (SSSR count). The molecule has 40 heavy (non-hydrogen) atoms. The second kappa shape index (κ2) is 9.73. The second-order valence-electron chi connectivity index (χ2n) is 9.40. The topological polar surface area (TPSA) is 91.3 Å². The Morgan fingerprint density at radius 2 is 1.93 bits per heavy atom. The highest BCUT2D eigenvalue weighted by atomic mass is 32.1. The minimum atomic E-state index is 0.00523. The van der Waals surface area contributed by atoms with E-state index in [1.807, 2.05) is 65.6 Å². The molecule has 1 aliphatic rings. The molecule has 3 aromatic heterocycles. The van der Waals surface area contributed by atoms with Gasteiger partial charge in [-0.25, -0.2) is 9.50 Å². The lowest BCUT2D eigenvalue weighted by Crippen LogP contribution is -2.28. The third-order valence-corrected chi connectivity index (χ3v) is 7.85. The van der Waals surface area contributed by atoms with Crippen molar-refractivity contribution in [1.82, 2.24) is 14.6 Å². The number of fused-ring (bicyclic) bond motifs is 3. The predicted molar refractivity (Wildman–Crippen MR) is 152 cm³/mol. The zero-order valence-electron chi connectivity index (χ0n) is 21.8. The molecule has 1 amide bonds. The molecular weight excluding hydrogens is 528 g/mol. The molecule has 0 atom stereocenters. The number of ether oxygens (including phenoxy) is 3. The van der Waals surface area contributed by atoms with Crippen LogP contribution in [0.3, 0.4) is 0 Å². The van der Waals surface area contributed by atoms with Gasteiger partial charge in [-0.05, 0) is 53.1 Å². The van der Waals surface area contributed by atoms with Crippen LogP contribution >= 0.6 is 11.3 Å². The van der Waals surface area contributed by atoms with E-state index in [1.165, 1.54) is 11.3 Å². The lowest BCUT2D eigenvalue weighted by atomic mass is 10.1. The van der Waals surface area contributed by atoms with Crippen LogP contribution in [0.2, 0.25) is 0 Å². The van der Waals surface area contributed by atoms with Crippen molar-refractivity contribution in [1.29, 1.82) is 0 Å². The van der Waals surface area contributed by atoms with E-state index < -0.39 is 0 Å². The van der Waals surface area contributed by atoms with E-state index in [0.29, 0.717) is 57.4 Å². The normalized spacial score (nSPS) is 12.7.